The van der Waals surface area contributed by atoms with E-state index in [1.165, 1.54) is 0 Å². The van der Waals surface area contributed by atoms with Crippen LogP contribution in [0.25, 0.3) is 11.4 Å². The summed E-state index contributed by atoms with van der Waals surface area (Å²) in [6.45, 7) is 1.16. The molecule has 8 heteroatoms. The van der Waals surface area contributed by atoms with Gasteiger partial charge in [0.1, 0.15) is 6.07 Å². The first kappa shape index (κ1) is 17.7. The molecule has 0 atom stereocenters. The Kier molecular flexibility index (Phi) is 4.97. The largest absolute Gasteiger partial charge is 0.339 e. The van der Waals surface area contributed by atoms with Crippen molar-refractivity contribution in [3.05, 3.63) is 60.2 Å². The third kappa shape index (κ3) is 3.69. The van der Waals surface area contributed by atoms with Crippen LogP contribution >= 0.6 is 0 Å². The maximum absolute atomic E-state index is 12.5. The average Bonchev–Trinajstić information content (AvgIpc) is 3.25. The molecule has 1 N–H and O–H groups in total. The molecule has 0 spiro atoms. The summed E-state index contributed by atoms with van der Waals surface area (Å²) in [5, 5.41) is 16.0. The van der Waals surface area contributed by atoms with E-state index >= 15 is 0 Å². The lowest BCUT2D eigenvalue weighted by atomic mass is 9.97. The number of rotatable bonds is 3. The van der Waals surface area contributed by atoms with Crippen LogP contribution in [-0.2, 0) is 0 Å². The molecule has 8 nitrogen and oxygen atoms in total. The molecule has 0 bridgehead atoms. The smallest absolute Gasteiger partial charge is 0.321 e. The molecule has 1 aliphatic rings. The minimum atomic E-state index is -0.206. The number of carbonyl (C=O) groups is 1. The average molecular weight is 374 g/mol. The summed E-state index contributed by atoms with van der Waals surface area (Å²) >= 11 is 0. The van der Waals surface area contributed by atoms with Crippen molar-refractivity contribution < 1.29 is 9.32 Å². The topological polar surface area (TPSA) is 108 Å². The normalized spacial score (nSPS) is 14.5. The van der Waals surface area contributed by atoms with E-state index < -0.39 is 0 Å². The number of benzene rings is 1. The molecule has 0 unspecified atom stereocenters. The van der Waals surface area contributed by atoms with E-state index in [1.54, 1.807) is 41.6 Å². The van der Waals surface area contributed by atoms with Crippen LogP contribution in [0.3, 0.4) is 0 Å². The van der Waals surface area contributed by atoms with Crippen molar-refractivity contribution in [2.24, 2.45) is 0 Å². The first-order chi connectivity index (χ1) is 13.7. The van der Waals surface area contributed by atoms with Crippen LogP contribution in [0.4, 0.5) is 10.5 Å². The second-order valence-electron chi connectivity index (χ2n) is 6.55. The molecule has 0 aliphatic carbocycles. The first-order valence-corrected chi connectivity index (χ1v) is 9.03. The highest BCUT2D eigenvalue weighted by Crippen LogP contribution is 2.28. The minimum Gasteiger partial charge on any atom is -0.339 e. The number of nitriles is 1. The molecule has 0 saturated carbocycles. The van der Waals surface area contributed by atoms with Crippen LogP contribution in [0.5, 0.6) is 0 Å². The first-order valence-electron chi connectivity index (χ1n) is 9.03. The summed E-state index contributed by atoms with van der Waals surface area (Å²) in [6, 6.07) is 12.5. The standard InChI is InChI=1S/C20H18N6O2/c21-12-15-4-1-2-6-17(15)23-20(27)26-10-7-14(8-11-26)19-24-18(25-28-19)16-5-3-9-22-13-16/h1-6,9,13-14H,7-8,10-11H2,(H,23,27). The van der Waals surface area contributed by atoms with Gasteiger partial charge in [-0.25, -0.2) is 4.79 Å². The Morgan fingerprint density at radius 1 is 1.21 bits per heavy atom. The SMILES string of the molecule is N#Cc1ccccc1NC(=O)N1CCC(c2nc(-c3cccnc3)no2)CC1. The summed E-state index contributed by atoms with van der Waals surface area (Å²) in [5.41, 5.74) is 1.78. The molecule has 1 aliphatic heterocycles. The molecule has 2 aromatic heterocycles. The summed E-state index contributed by atoms with van der Waals surface area (Å²) < 4.78 is 5.44. The number of nitrogens with zero attached hydrogens (tertiary/aromatic N) is 5. The quantitative estimate of drug-likeness (QED) is 0.752. The van der Waals surface area contributed by atoms with Gasteiger partial charge in [-0.05, 0) is 37.1 Å². The molecule has 1 aromatic carbocycles. The van der Waals surface area contributed by atoms with E-state index in [4.69, 9.17) is 9.78 Å². The zero-order valence-corrected chi connectivity index (χ0v) is 15.1. The predicted octanol–water partition coefficient (Wildman–Crippen LogP) is 3.41. The number of pyridine rings is 1. The van der Waals surface area contributed by atoms with Gasteiger partial charge in [0.25, 0.3) is 0 Å². The molecule has 3 heterocycles. The van der Waals surface area contributed by atoms with Crippen molar-refractivity contribution in [3.8, 4) is 17.5 Å². The van der Waals surface area contributed by atoms with Crippen LogP contribution in [-0.4, -0.2) is 39.1 Å². The fourth-order valence-corrected chi connectivity index (χ4v) is 3.23. The predicted molar refractivity (Wildman–Crippen MR) is 101 cm³/mol. The van der Waals surface area contributed by atoms with Crippen molar-refractivity contribution in [3.63, 3.8) is 0 Å². The minimum absolute atomic E-state index is 0.119. The van der Waals surface area contributed by atoms with E-state index in [0.29, 0.717) is 36.1 Å². The van der Waals surface area contributed by atoms with E-state index in [0.717, 1.165) is 18.4 Å². The zero-order valence-electron chi connectivity index (χ0n) is 15.1. The van der Waals surface area contributed by atoms with Crippen LogP contribution < -0.4 is 5.32 Å². The van der Waals surface area contributed by atoms with Crippen LogP contribution in [0.15, 0.2) is 53.3 Å². The second kappa shape index (κ2) is 7.88. The van der Waals surface area contributed by atoms with Crippen molar-refractivity contribution in [1.29, 1.82) is 5.26 Å². The van der Waals surface area contributed by atoms with Gasteiger partial charge >= 0.3 is 6.03 Å². The van der Waals surface area contributed by atoms with E-state index in [9.17, 15) is 4.79 Å². The number of anilines is 1. The molecule has 2 amide bonds. The molecular weight excluding hydrogens is 356 g/mol. The van der Waals surface area contributed by atoms with E-state index in [1.807, 2.05) is 12.1 Å². The number of likely N-dealkylation sites (tertiary alicyclic amines) is 1. The summed E-state index contributed by atoms with van der Waals surface area (Å²) in [7, 11) is 0. The summed E-state index contributed by atoms with van der Waals surface area (Å²) in [4.78, 5) is 22.8. The maximum Gasteiger partial charge on any atom is 0.321 e. The highest BCUT2D eigenvalue weighted by molar-refractivity contribution is 5.90. The van der Waals surface area contributed by atoms with Gasteiger partial charge in [-0.1, -0.05) is 17.3 Å². The molecule has 0 radical (unpaired) electrons. The van der Waals surface area contributed by atoms with Gasteiger partial charge in [0.15, 0.2) is 0 Å². The van der Waals surface area contributed by atoms with Crippen molar-refractivity contribution in [2.75, 3.05) is 18.4 Å². The Hall–Kier alpha value is -3.73. The molecule has 3 aromatic rings. The number of aromatic nitrogens is 3. The van der Waals surface area contributed by atoms with Gasteiger partial charge < -0.3 is 14.7 Å². The van der Waals surface area contributed by atoms with Crippen molar-refractivity contribution in [2.45, 2.75) is 18.8 Å². The summed E-state index contributed by atoms with van der Waals surface area (Å²) in [5.74, 6) is 1.23. The highest BCUT2D eigenvalue weighted by atomic mass is 16.5. The van der Waals surface area contributed by atoms with E-state index in [-0.39, 0.29) is 11.9 Å². The Labute approximate surface area is 161 Å². The number of nitrogens with one attached hydrogen (secondary N) is 1. The van der Waals surface area contributed by atoms with Gasteiger partial charge in [-0.2, -0.15) is 10.2 Å². The van der Waals surface area contributed by atoms with Gasteiger partial charge in [-0.3, -0.25) is 4.98 Å². The van der Waals surface area contributed by atoms with Gasteiger partial charge in [0.2, 0.25) is 11.7 Å². The number of hydrogen-bond donors (Lipinski definition) is 1. The van der Waals surface area contributed by atoms with Crippen LogP contribution in [0.1, 0.15) is 30.2 Å². The van der Waals surface area contributed by atoms with Crippen LogP contribution in [0, 0.1) is 11.3 Å². The fourth-order valence-electron chi connectivity index (χ4n) is 3.23. The second-order valence-corrected chi connectivity index (χ2v) is 6.55. The maximum atomic E-state index is 12.5. The lowest BCUT2D eigenvalue weighted by Gasteiger charge is -2.30. The van der Waals surface area contributed by atoms with Crippen molar-refractivity contribution >= 4 is 11.7 Å². The van der Waals surface area contributed by atoms with Crippen LogP contribution in [0.2, 0.25) is 0 Å². The van der Waals surface area contributed by atoms with E-state index in [2.05, 4.69) is 26.5 Å². The molecule has 140 valence electrons. The van der Waals surface area contributed by atoms with Gasteiger partial charge in [-0.15, -0.1) is 0 Å². The Morgan fingerprint density at radius 3 is 2.79 bits per heavy atom. The lowest BCUT2D eigenvalue weighted by Crippen LogP contribution is -2.40. The number of piperidine rings is 1. The third-order valence-electron chi connectivity index (χ3n) is 4.78. The third-order valence-corrected chi connectivity index (χ3v) is 4.78. The molecule has 4 rings (SSSR count). The Balaban J connectivity index is 1.36. The Bertz CT molecular complexity index is 1000. The van der Waals surface area contributed by atoms with Gasteiger partial charge in [0.05, 0.1) is 11.3 Å². The molecular formula is C20H18N6O2. The molecule has 28 heavy (non-hydrogen) atoms. The number of para-hydroxylation sites is 1. The van der Waals surface area contributed by atoms with Gasteiger partial charge in [0, 0.05) is 37.0 Å². The Morgan fingerprint density at radius 2 is 2.04 bits per heavy atom. The molecule has 1 fully saturated rings. The van der Waals surface area contributed by atoms with Crippen molar-refractivity contribution in [1.82, 2.24) is 20.0 Å². The highest BCUT2D eigenvalue weighted by Gasteiger charge is 2.28. The number of amides is 2. The fraction of sp³-hybridized carbons (Fsp3) is 0.250. The summed E-state index contributed by atoms with van der Waals surface area (Å²) in [6.07, 6.45) is 4.87. The number of urea groups is 1. The lowest BCUT2D eigenvalue weighted by molar-refractivity contribution is 0.187. The number of hydrogen-bond acceptors (Lipinski definition) is 6. The molecule has 1 saturated heterocycles. The number of carbonyl (C=O) groups excluding carboxylic acids is 1. The zero-order chi connectivity index (χ0) is 19.3. The monoisotopic (exact) mass is 374 g/mol.